The maximum atomic E-state index is 6.13. The smallest absolute Gasteiger partial charge is 0.190 e. The quantitative estimate of drug-likeness (QED) is 0.417. The van der Waals surface area contributed by atoms with Crippen molar-refractivity contribution < 1.29 is 9.15 Å². The fourth-order valence-electron chi connectivity index (χ4n) is 3.47. The molecule has 2 aromatic carbocycles. The molecule has 0 N–H and O–H groups in total. The van der Waals surface area contributed by atoms with Crippen molar-refractivity contribution in [1.82, 2.24) is 4.57 Å². The lowest BCUT2D eigenvalue weighted by Crippen LogP contribution is -2.22. The van der Waals surface area contributed by atoms with Gasteiger partial charge >= 0.3 is 0 Å². The number of benzene rings is 2. The average molecular weight is 393 g/mol. The Morgan fingerprint density at radius 1 is 1.14 bits per heavy atom. The van der Waals surface area contributed by atoms with Gasteiger partial charge in [0.15, 0.2) is 10.6 Å². The van der Waals surface area contributed by atoms with Crippen LogP contribution < -0.4 is 4.80 Å². The van der Waals surface area contributed by atoms with Gasteiger partial charge in [0.25, 0.3) is 0 Å². The molecule has 5 heteroatoms. The van der Waals surface area contributed by atoms with Gasteiger partial charge in [-0.3, -0.25) is 0 Å². The number of thiazole rings is 1. The first-order valence-corrected chi connectivity index (χ1v) is 10.2. The second kappa shape index (κ2) is 7.78. The summed E-state index contributed by atoms with van der Waals surface area (Å²) < 4.78 is 13.8. The molecule has 0 spiro atoms. The van der Waals surface area contributed by atoms with Crippen molar-refractivity contribution in [2.45, 2.75) is 26.8 Å². The van der Waals surface area contributed by atoms with E-state index in [0.717, 1.165) is 32.9 Å². The summed E-state index contributed by atoms with van der Waals surface area (Å²) >= 11 is 1.62. The molecule has 0 aliphatic rings. The third-order valence-corrected chi connectivity index (χ3v) is 5.68. The number of hydrogen-bond donors (Lipinski definition) is 0. The third-order valence-electron chi connectivity index (χ3n) is 4.84. The van der Waals surface area contributed by atoms with Crippen LogP contribution in [-0.2, 0) is 4.74 Å². The maximum absolute atomic E-state index is 6.13. The molecule has 0 bridgehead atoms. The SMILES string of the molecule is COCC(C)n1c(-c2cc3ccccc3o2)csc1=Nc1ccc(C)cc1C. The lowest BCUT2D eigenvalue weighted by Gasteiger charge is -2.15. The van der Waals surface area contributed by atoms with Crippen LogP contribution in [0.25, 0.3) is 22.4 Å². The van der Waals surface area contributed by atoms with Crippen LogP contribution >= 0.6 is 11.3 Å². The van der Waals surface area contributed by atoms with Crippen molar-refractivity contribution in [3.63, 3.8) is 0 Å². The molecule has 2 aromatic heterocycles. The zero-order valence-corrected chi connectivity index (χ0v) is 17.4. The van der Waals surface area contributed by atoms with E-state index < -0.39 is 0 Å². The van der Waals surface area contributed by atoms with Crippen LogP contribution in [0.4, 0.5) is 5.69 Å². The van der Waals surface area contributed by atoms with Gasteiger partial charge in [0.1, 0.15) is 5.58 Å². The maximum Gasteiger partial charge on any atom is 0.190 e. The lowest BCUT2D eigenvalue weighted by atomic mass is 10.1. The molecule has 2 heterocycles. The largest absolute Gasteiger partial charge is 0.454 e. The monoisotopic (exact) mass is 392 g/mol. The Kier molecular flexibility index (Phi) is 5.20. The number of rotatable bonds is 5. The van der Waals surface area contributed by atoms with Crippen LogP contribution in [0, 0.1) is 13.8 Å². The van der Waals surface area contributed by atoms with Gasteiger partial charge in [-0.25, -0.2) is 4.99 Å². The van der Waals surface area contributed by atoms with Gasteiger partial charge < -0.3 is 13.7 Å². The third kappa shape index (κ3) is 3.55. The van der Waals surface area contributed by atoms with Crippen molar-refractivity contribution >= 4 is 28.0 Å². The molecule has 0 saturated heterocycles. The summed E-state index contributed by atoms with van der Waals surface area (Å²) in [6.45, 7) is 6.94. The van der Waals surface area contributed by atoms with E-state index in [0.29, 0.717) is 6.61 Å². The lowest BCUT2D eigenvalue weighted by molar-refractivity contribution is 0.161. The summed E-state index contributed by atoms with van der Waals surface area (Å²) in [5.41, 5.74) is 5.31. The summed E-state index contributed by atoms with van der Waals surface area (Å²) in [7, 11) is 1.73. The fourth-order valence-corrected chi connectivity index (χ4v) is 4.46. The molecular weight excluding hydrogens is 368 g/mol. The molecule has 1 unspecified atom stereocenters. The number of aromatic nitrogens is 1. The highest BCUT2D eigenvalue weighted by atomic mass is 32.1. The van der Waals surface area contributed by atoms with E-state index in [1.807, 2.05) is 18.2 Å². The van der Waals surface area contributed by atoms with E-state index in [2.05, 4.69) is 61.1 Å². The molecule has 1 atom stereocenters. The summed E-state index contributed by atoms with van der Waals surface area (Å²) in [5.74, 6) is 0.850. The van der Waals surface area contributed by atoms with Crippen LogP contribution in [-0.4, -0.2) is 18.3 Å². The highest BCUT2D eigenvalue weighted by molar-refractivity contribution is 7.07. The Bertz CT molecular complexity index is 1150. The van der Waals surface area contributed by atoms with Crippen molar-refractivity contribution in [2.24, 2.45) is 4.99 Å². The predicted octanol–water partition coefficient (Wildman–Crippen LogP) is 6.02. The molecule has 0 amide bonds. The minimum absolute atomic E-state index is 0.129. The van der Waals surface area contributed by atoms with Crippen LogP contribution in [0.2, 0.25) is 0 Å². The number of furan rings is 1. The first kappa shape index (κ1) is 18.7. The van der Waals surface area contributed by atoms with Gasteiger partial charge in [-0.15, -0.1) is 11.3 Å². The number of para-hydroxylation sites is 1. The van der Waals surface area contributed by atoms with E-state index >= 15 is 0 Å². The Balaban J connectivity index is 1.89. The molecule has 4 aromatic rings. The summed E-state index contributed by atoms with van der Waals surface area (Å²) in [4.78, 5) is 5.91. The van der Waals surface area contributed by atoms with Crippen LogP contribution in [0.5, 0.6) is 0 Å². The van der Waals surface area contributed by atoms with Gasteiger partial charge in [-0.1, -0.05) is 35.9 Å². The zero-order valence-electron chi connectivity index (χ0n) is 16.6. The summed E-state index contributed by atoms with van der Waals surface area (Å²) in [6.07, 6.45) is 0. The zero-order chi connectivity index (χ0) is 19.7. The van der Waals surface area contributed by atoms with Crippen LogP contribution in [0.15, 0.2) is 63.3 Å². The molecule has 4 rings (SSSR count). The van der Waals surface area contributed by atoms with Crippen molar-refractivity contribution in [3.05, 3.63) is 69.8 Å². The molecule has 144 valence electrons. The van der Waals surface area contributed by atoms with E-state index in [1.54, 1.807) is 18.4 Å². The second-order valence-electron chi connectivity index (χ2n) is 7.13. The van der Waals surface area contributed by atoms with Gasteiger partial charge in [0.05, 0.1) is 24.0 Å². The molecule has 4 nitrogen and oxygen atoms in total. The summed E-state index contributed by atoms with van der Waals surface area (Å²) in [6, 6.07) is 16.6. The first-order valence-electron chi connectivity index (χ1n) is 9.36. The van der Waals surface area contributed by atoms with Crippen molar-refractivity contribution in [1.29, 1.82) is 0 Å². The highest BCUT2D eigenvalue weighted by Gasteiger charge is 2.17. The number of ether oxygens (including phenoxy) is 1. The van der Waals surface area contributed by atoms with Gasteiger partial charge in [-0.05, 0) is 44.5 Å². The summed E-state index contributed by atoms with van der Waals surface area (Å²) in [5, 5.41) is 3.22. The molecule has 0 fully saturated rings. The molecule has 0 radical (unpaired) electrons. The number of methoxy groups -OCH3 is 1. The van der Waals surface area contributed by atoms with E-state index in [-0.39, 0.29) is 6.04 Å². The Labute approximate surface area is 168 Å². The normalized spacial score (nSPS) is 13.4. The van der Waals surface area contributed by atoms with Crippen LogP contribution in [0.3, 0.4) is 0 Å². The van der Waals surface area contributed by atoms with Crippen LogP contribution in [0.1, 0.15) is 24.1 Å². The minimum Gasteiger partial charge on any atom is -0.454 e. The van der Waals surface area contributed by atoms with Crippen molar-refractivity contribution in [2.75, 3.05) is 13.7 Å². The predicted molar refractivity (Wildman–Crippen MR) is 115 cm³/mol. The molecule has 0 saturated carbocycles. The fraction of sp³-hybridized carbons (Fsp3) is 0.261. The second-order valence-corrected chi connectivity index (χ2v) is 7.96. The Hall–Kier alpha value is -2.63. The average Bonchev–Trinajstić information content (AvgIpc) is 3.28. The van der Waals surface area contributed by atoms with Gasteiger partial charge in [0.2, 0.25) is 0 Å². The van der Waals surface area contributed by atoms with Gasteiger partial charge in [-0.2, -0.15) is 0 Å². The molecule has 0 aliphatic heterocycles. The van der Waals surface area contributed by atoms with Crippen molar-refractivity contribution in [3.8, 4) is 11.5 Å². The minimum atomic E-state index is 0.129. The Morgan fingerprint density at radius 3 is 2.71 bits per heavy atom. The van der Waals surface area contributed by atoms with Gasteiger partial charge in [0, 0.05) is 17.9 Å². The Morgan fingerprint density at radius 2 is 1.96 bits per heavy atom. The topological polar surface area (TPSA) is 39.7 Å². The highest BCUT2D eigenvalue weighted by Crippen LogP contribution is 2.30. The van der Waals surface area contributed by atoms with E-state index in [1.165, 1.54) is 11.1 Å². The first-order chi connectivity index (χ1) is 13.6. The molecule has 0 aliphatic carbocycles. The number of nitrogens with zero attached hydrogens (tertiary/aromatic N) is 2. The molecule has 28 heavy (non-hydrogen) atoms. The molecular formula is C23H24N2O2S. The van der Waals surface area contributed by atoms with E-state index in [4.69, 9.17) is 14.1 Å². The number of aryl methyl sites for hydroxylation is 2. The standard InChI is InChI=1S/C23H24N2O2S/c1-15-9-10-19(16(2)11-15)24-23-25(17(3)13-26-4)20(14-28-23)22-12-18-7-5-6-8-21(18)27-22/h5-12,14,17H,13H2,1-4H3. The van der Waals surface area contributed by atoms with E-state index in [9.17, 15) is 0 Å². The number of fused-ring (bicyclic) bond motifs is 1. The number of hydrogen-bond acceptors (Lipinski definition) is 4.